The topological polar surface area (TPSA) is 45.2 Å². The van der Waals surface area contributed by atoms with E-state index in [1.807, 2.05) is 46.7 Å². The Balaban J connectivity index is 1.39. The SMILES string of the molecule is O=C(CCc1ccccc1)N1CCS/C1=C/c1csc(Nc2ccc(F)cc2)n1. The van der Waals surface area contributed by atoms with E-state index in [0.29, 0.717) is 6.42 Å². The van der Waals surface area contributed by atoms with E-state index in [-0.39, 0.29) is 11.7 Å². The molecule has 3 aromatic rings. The lowest BCUT2D eigenvalue weighted by molar-refractivity contribution is -0.128. The van der Waals surface area contributed by atoms with Gasteiger partial charge in [0.1, 0.15) is 5.82 Å². The van der Waals surface area contributed by atoms with E-state index in [1.54, 1.807) is 23.9 Å². The van der Waals surface area contributed by atoms with Gasteiger partial charge in [-0.2, -0.15) is 0 Å². The third kappa shape index (κ3) is 5.25. The lowest BCUT2D eigenvalue weighted by atomic mass is 10.1. The second-order valence-corrected chi connectivity index (χ2v) is 8.54. The number of hydrogen-bond donors (Lipinski definition) is 1. The fraction of sp³-hybridized carbons (Fsp3) is 0.182. The average Bonchev–Trinajstić information content (AvgIpc) is 3.38. The van der Waals surface area contributed by atoms with Gasteiger partial charge in [0.25, 0.3) is 0 Å². The maximum Gasteiger partial charge on any atom is 0.227 e. The van der Waals surface area contributed by atoms with Crippen molar-refractivity contribution in [3.63, 3.8) is 0 Å². The third-order valence-corrected chi connectivity index (χ3v) is 6.29. The van der Waals surface area contributed by atoms with Gasteiger partial charge in [-0.25, -0.2) is 9.37 Å². The fourth-order valence-corrected chi connectivity index (χ4v) is 4.74. The lowest BCUT2D eigenvalue weighted by Crippen LogP contribution is -2.26. The van der Waals surface area contributed by atoms with Gasteiger partial charge in [0.15, 0.2) is 5.13 Å². The molecule has 1 aliphatic heterocycles. The first-order valence-electron chi connectivity index (χ1n) is 9.34. The van der Waals surface area contributed by atoms with Crippen LogP contribution in [0, 0.1) is 5.82 Å². The van der Waals surface area contributed by atoms with Gasteiger partial charge in [-0.3, -0.25) is 4.79 Å². The van der Waals surface area contributed by atoms with Gasteiger partial charge >= 0.3 is 0 Å². The summed E-state index contributed by atoms with van der Waals surface area (Å²) in [6.07, 6.45) is 3.21. The molecule has 0 unspecified atom stereocenters. The molecule has 0 spiro atoms. The van der Waals surface area contributed by atoms with E-state index in [2.05, 4.69) is 10.3 Å². The largest absolute Gasteiger partial charge is 0.332 e. The van der Waals surface area contributed by atoms with Gasteiger partial charge in [0.2, 0.25) is 5.91 Å². The van der Waals surface area contributed by atoms with Crippen LogP contribution in [-0.2, 0) is 11.2 Å². The molecule has 0 radical (unpaired) electrons. The normalized spacial score (nSPS) is 15.1. The molecule has 7 heteroatoms. The Bertz CT molecular complexity index is 1000. The molecular weight excluding hydrogens is 405 g/mol. The summed E-state index contributed by atoms with van der Waals surface area (Å²) in [5.74, 6) is 0.772. The number of carbonyl (C=O) groups excluding carboxylic acids is 1. The van der Waals surface area contributed by atoms with Gasteiger partial charge in [-0.1, -0.05) is 30.3 Å². The van der Waals surface area contributed by atoms with Crippen LogP contribution in [0.15, 0.2) is 65.0 Å². The molecule has 2 aromatic carbocycles. The van der Waals surface area contributed by atoms with Crippen LogP contribution in [0.5, 0.6) is 0 Å². The van der Waals surface area contributed by atoms with Crippen molar-refractivity contribution in [1.29, 1.82) is 0 Å². The van der Waals surface area contributed by atoms with Crippen LogP contribution in [0.25, 0.3) is 6.08 Å². The molecule has 2 heterocycles. The maximum atomic E-state index is 13.0. The number of rotatable bonds is 6. The number of aromatic nitrogens is 1. The standard InChI is InChI=1S/C22H20FN3OS2/c23-17-7-9-18(10-8-17)24-22-25-19(15-29-22)14-21-26(12-13-28-21)20(27)11-6-16-4-2-1-3-5-16/h1-5,7-10,14-15H,6,11-13H2,(H,24,25)/b21-14+. The molecule has 0 aliphatic carbocycles. The van der Waals surface area contributed by atoms with E-state index in [9.17, 15) is 9.18 Å². The van der Waals surface area contributed by atoms with Crippen LogP contribution in [0.4, 0.5) is 15.2 Å². The second-order valence-electron chi connectivity index (χ2n) is 6.57. The minimum absolute atomic E-state index is 0.144. The predicted molar refractivity (Wildman–Crippen MR) is 119 cm³/mol. The summed E-state index contributed by atoms with van der Waals surface area (Å²) in [6, 6.07) is 16.2. The zero-order valence-electron chi connectivity index (χ0n) is 15.7. The monoisotopic (exact) mass is 425 g/mol. The number of halogens is 1. The molecule has 4 rings (SSSR count). The Kier molecular flexibility index (Phi) is 6.27. The summed E-state index contributed by atoms with van der Waals surface area (Å²) >= 11 is 3.15. The van der Waals surface area contributed by atoms with Crippen LogP contribution < -0.4 is 5.32 Å². The minimum atomic E-state index is -0.268. The molecular formula is C22H20FN3OS2. The zero-order valence-corrected chi connectivity index (χ0v) is 17.3. The van der Waals surface area contributed by atoms with Crippen molar-refractivity contribution < 1.29 is 9.18 Å². The molecule has 4 nitrogen and oxygen atoms in total. The molecule has 0 saturated carbocycles. The molecule has 29 heavy (non-hydrogen) atoms. The van der Waals surface area contributed by atoms with Crippen LogP contribution >= 0.6 is 23.1 Å². The number of nitrogens with one attached hydrogen (secondary N) is 1. The lowest BCUT2D eigenvalue weighted by Gasteiger charge is -2.16. The van der Waals surface area contributed by atoms with Crippen molar-refractivity contribution >= 4 is 45.9 Å². The van der Waals surface area contributed by atoms with Gasteiger partial charge in [0, 0.05) is 29.8 Å². The number of thiazole rings is 1. The Morgan fingerprint density at radius 1 is 1.17 bits per heavy atom. The first-order chi connectivity index (χ1) is 14.2. The van der Waals surface area contributed by atoms with Crippen molar-refractivity contribution in [3.8, 4) is 0 Å². The number of anilines is 2. The van der Waals surface area contributed by atoms with Gasteiger partial charge in [-0.05, 0) is 42.3 Å². The molecule has 0 bridgehead atoms. The molecule has 0 atom stereocenters. The van der Waals surface area contributed by atoms with Crippen molar-refractivity contribution in [2.45, 2.75) is 12.8 Å². The molecule has 1 aliphatic rings. The summed E-state index contributed by atoms with van der Waals surface area (Å²) in [6.45, 7) is 0.731. The Hall–Kier alpha value is -2.64. The summed E-state index contributed by atoms with van der Waals surface area (Å²) < 4.78 is 13.0. The summed E-state index contributed by atoms with van der Waals surface area (Å²) in [5.41, 5.74) is 2.77. The number of hydrogen-bond acceptors (Lipinski definition) is 5. The highest BCUT2D eigenvalue weighted by molar-refractivity contribution is 8.03. The maximum absolute atomic E-state index is 13.0. The second kappa shape index (κ2) is 9.24. The van der Waals surface area contributed by atoms with E-state index in [0.717, 1.165) is 40.3 Å². The highest BCUT2D eigenvalue weighted by atomic mass is 32.2. The van der Waals surface area contributed by atoms with Crippen LogP contribution in [0.3, 0.4) is 0 Å². The Morgan fingerprint density at radius 3 is 2.76 bits per heavy atom. The Labute approximate surface area is 177 Å². The first kappa shape index (κ1) is 19.7. The van der Waals surface area contributed by atoms with Crippen molar-refractivity contribution in [2.75, 3.05) is 17.6 Å². The molecule has 1 amide bonds. The summed E-state index contributed by atoms with van der Waals surface area (Å²) in [4.78, 5) is 19.1. The van der Waals surface area contributed by atoms with Gasteiger partial charge in [0.05, 0.1) is 10.7 Å². The number of aryl methyl sites for hydroxylation is 1. The third-order valence-electron chi connectivity index (χ3n) is 4.49. The number of thioether (sulfide) groups is 1. The number of benzene rings is 2. The summed E-state index contributed by atoms with van der Waals surface area (Å²) in [7, 11) is 0. The van der Waals surface area contributed by atoms with Crippen LogP contribution in [-0.4, -0.2) is 28.1 Å². The number of nitrogens with zero attached hydrogens (tertiary/aromatic N) is 2. The summed E-state index contributed by atoms with van der Waals surface area (Å²) in [5, 5.41) is 6.80. The van der Waals surface area contributed by atoms with Crippen LogP contribution in [0.2, 0.25) is 0 Å². The highest BCUT2D eigenvalue weighted by Crippen LogP contribution is 2.31. The molecule has 1 fully saturated rings. The van der Waals surface area contributed by atoms with E-state index < -0.39 is 0 Å². The zero-order chi connectivity index (χ0) is 20.1. The molecule has 1 saturated heterocycles. The van der Waals surface area contributed by atoms with Crippen molar-refractivity contribution in [1.82, 2.24) is 9.88 Å². The van der Waals surface area contributed by atoms with E-state index in [4.69, 9.17) is 0 Å². The highest BCUT2D eigenvalue weighted by Gasteiger charge is 2.24. The number of carbonyl (C=O) groups is 1. The van der Waals surface area contributed by atoms with Crippen LogP contribution in [0.1, 0.15) is 17.7 Å². The van der Waals surface area contributed by atoms with E-state index in [1.165, 1.54) is 29.0 Å². The molecule has 1 aromatic heterocycles. The average molecular weight is 426 g/mol. The van der Waals surface area contributed by atoms with Gasteiger partial charge < -0.3 is 10.2 Å². The quantitative estimate of drug-likeness (QED) is 0.564. The first-order valence-corrected chi connectivity index (χ1v) is 11.2. The molecule has 148 valence electrons. The smallest absolute Gasteiger partial charge is 0.227 e. The number of amides is 1. The van der Waals surface area contributed by atoms with Crippen molar-refractivity contribution in [2.24, 2.45) is 0 Å². The fourth-order valence-electron chi connectivity index (χ4n) is 3.02. The molecule has 1 N–H and O–H groups in total. The van der Waals surface area contributed by atoms with Gasteiger partial charge in [-0.15, -0.1) is 23.1 Å². The van der Waals surface area contributed by atoms with Crippen molar-refractivity contribution in [3.05, 3.63) is 82.1 Å². The van der Waals surface area contributed by atoms with E-state index >= 15 is 0 Å². The predicted octanol–water partition coefficient (Wildman–Crippen LogP) is 5.53. The minimum Gasteiger partial charge on any atom is -0.332 e. The Morgan fingerprint density at radius 2 is 1.97 bits per heavy atom.